The van der Waals surface area contributed by atoms with Crippen LogP contribution < -0.4 is 0 Å². The van der Waals surface area contributed by atoms with E-state index in [-0.39, 0.29) is 29.6 Å². The monoisotopic (exact) mass is 369 g/mol. The molecule has 2 bridgehead atoms. The maximum atomic E-state index is 13.4. The fourth-order valence-electron chi connectivity index (χ4n) is 6.47. The lowest BCUT2D eigenvalue weighted by molar-refractivity contribution is -0.254. The fourth-order valence-corrected chi connectivity index (χ4v) is 6.47. The molecule has 1 aromatic rings. The van der Waals surface area contributed by atoms with Gasteiger partial charge in [-0.15, -0.1) is 0 Å². The second kappa shape index (κ2) is 5.81. The van der Waals surface area contributed by atoms with Crippen molar-refractivity contribution in [1.82, 2.24) is 4.90 Å². The summed E-state index contributed by atoms with van der Waals surface area (Å²) in [5, 5.41) is 0. The van der Waals surface area contributed by atoms with Crippen LogP contribution in [0, 0.1) is 30.6 Å². The third-order valence-electron chi connectivity index (χ3n) is 7.86. The van der Waals surface area contributed by atoms with Crippen molar-refractivity contribution in [2.45, 2.75) is 77.5 Å². The van der Waals surface area contributed by atoms with Crippen molar-refractivity contribution in [3.05, 3.63) is 35.4 Å². The lowest BCUT2D eigenvalue weighted by Crippen LogP contribution is -2.70. The Morgan fingerprint density at radius 3 is 2.59 bits per heavy atom. The number of carbonyl (C=O) groups excluding carboxylic acids is 1. The molecule has 0 N–H and O–H groups in total. The molecule has 1 saturated carbocycles. The zero-order valence-electron chi connectivity index (χ0n) is 16.9. The molecule has 3 aliphatic heterocycles. The lowest BCUT2D eigenvalue weighted by Gasteiger charge is -2.59. The molecule has 1 aromatic carbocycles. The molecule has 3 saturated heterocycles. The van der Waals surface area contributed by atoms with Gasteiger partial charge in [-0.3, -0.25) is 4.79 Å². The summed E-state index contributed by atoms with van der Waals surface area (Å²) < 4.78 is 13.4. The van der Waals surface area contributed by atoms with Gasteiger partial charge in [-0.25, -0.2) is 0 Å². The third kappa shape index (κ3) is 2.39. The summed E-state index contributed by atoms with van der Waals surface area (Å²) in [6, 6.07) is 8.49. The van der Waals surface area contributed by atoms with Crippen LogP contribution in [0.25, 0.3) is 0 Å². The molecule has 27 heavy (non-hydrogen) atoms. The van der Waals surface area contributed by atoms with Gasteiger partial charge < -0.3 is 14.4 Å². The molecule has 5 rings (SSSR count). The highest BCUT2D eigenvalue weighted by Gasteiger charge is 2.72. The van der Waals surface area contributed by atoms with E-state index < -0.39 is 5.79 Å². The molecule has 4 heteroatoms. The van der Waals surface area contributed by atoms with Gasteiger partial charge in [0.2, 0.25) is 5.91 Å². The number of hydrogen-bond donors (Lipinski definition) is 0. The first-order chi connectivity index (χ1) is 12.8. The lowest BCUT2D eigenvalue weighted by atomic mass is 9.56. The number of fused-ring (bicyclic) bond motifs is 1. The molecule has 0 radical (unpaired) electrons. The summed E-state index contributed by atoms with van der Waals surface area (Å²) in [7, 11) is 0. The van der Waals surface area contributed by atoms with Gasteiger partial charge in [0.15, 0.2) is 12.0 Å². The Labute approximate surface area is 162 Å². The van der Waals surface area contributed by atoms with Crippen molar-refractivity contribution < 1.29 is 14.3 Å². The van der Waals surface area contributed by atoms with Crippen molar-refractivity contribution in [3.63, 3.8) is 0 Å². The number of aryl methyl sites for hydroxylation is 1. The van der Waals surface area contributed by atoms with E-state index in [4.69, 9.17) is 9.47 Å². The van der Waals surface area contributed by atoms with Crippen LogP contribution in [-0.2, 0) is 20.8 Å². The topological polar surface area (TPSA) is 38.8 Å². The molecular formula is C23H31NO3. The Kier molecular flexibility index (Phi) is 3.80. The molecule has 146 valence electrons. The normalized spacial score (nSPS) is 45.7. The first-order valence-electron chi connectivity index (χ1n) is 10.6. The Balaban J connectivity index is 1.57. The summed E-state index contributed by atoms with van der Waals surface area (Å²) >= 11 is 0. The smallest absolute Gasteiger partial charge is 0.228 e. The standard InChI is InChI=1S/C23H31NO3/c1-14-5-8-17(9-6-14)13-24-20(25)16(3)19-10-7-15(2)18-11-12-22(4)26-21(24)23(18,19)27-22/h5-6,8-9,15-16,18-19,21H,7,10-13H2,1-4H3/t15?,16-,18?,19?,21?,22+,23?/m1/s1. The van der Waals surface area contributed by atoms with E-state index in [0.29, 0.717) is 18.4 Å². The number of benzene rings is 1. The highest BCUT2D eigenvalue weighted by atomic mass is 16.8. The van der Waals surface area contributed by atoms with E-state index in [1.165, 1.54) is 12.0 Å². The number of hydrogen-bond acceptors (Lipinski definition) is 3. The first-order valence-corrected chi connectivity index (χ1v) is 10.6. The molecule has 7 atom stereocenters. The van der Waals surface area contributed by atoms with E-state index in [0.717, 1.165) is 24.8 Å². The molecular weight excluding hydrogens is 338 g/mol. The minimum atomic E-state index is -0.549. The van der Waals surface area contributed by atoms with Crippen molar-refractivity contribution in [2.75, 3.05) is 0 Å². The van der Waals surface area contributed by atoms with Gasteiger partial charge in [-0.05, 0) is 50.5 Å². The zero-order valence-corrected chi connectivity index (χ0v) is 16.9. The van der Waals surface area contributed by atoms with E-state index in [2.05, 4.69) is 52.0 Å². The van der Waals surface area contributed by atoms with E-state index in [1.54, 1.807) is 0 Å². The van der Waals surface area contributed by atoms with Gasteiger partial charge in [0.05, 0.1) is 0 Å². The average molecular weight is 370 g/mol. The van der Waals surface area contributed by atoms with Crippen LogP contribution in [0.4, 0.5) is 0 Å². The molecule has 4 aliphatic rings. The maximum absolute atomic E-state index is 13.4. The van der Waals surface area contributed by atoms with E-state index in [1.807, 2.05) is 4.90 Å². The van der Waals surface area contributed by atoms with Gasteiger partial charge in [0, 0.05) is 24.8 Å². The second-order valence-electron chi connectivity index (χ2n) is 9.61. The molecule has 1 spiro atoms. The summed E-state index contributed by atoms with van der Waals surface area (Å²) in [4.78, 5) is 15.4. The molecule has 4 nitrogen and oxygen atoms in total. The van der Waals surface area contributed by atoms with Gasteiger partial charge in [0.25, 0.3) is 0 Å². The average Bonchev–Trinajstić information content (AvgIpc) is 2.87. The molecule has 3 heterocycles. The Morgan fingerprint density at radius 2 is 1.85 bits per heavy atom. The van der Waals surface area contributed by atoms with Crippen LogP contribution in [0.1, 0.15) is 57.6 Å². The van der Waals surface area contributed by atoms with Crippen LogP contribution in [0.3, 0.4) is 0 Å². The van der Waals surface area contributed by atoms with E-state index in [9.17, 15) is 4.79 Å². The molecule has 0 aromatic heterocycles. The van der Waals surface area contributed by atoms with Crippen LogP contribution >= 0.6 is 0 Å². The summed E-state index contributed by atoms with van der Waals surface area (Å²) in [5.74, 6) is 1.04. The third-order valence-corrected chi connectivity index (χ3v) is 7.86. The number of likely N-dealkylation sites (tertiary alicyclic amines) is 1. The highest BCUT2D eigenvalue weighted by Crippen LogP contribution is 2.63. The van der Waals surface area contributed by atoms with E-state index >= 15 is 0 Å². The minimum Gasteiger partial charge on any atom is -0.338 e. The Bertz CT molecular complexity index is 761. The quantitative estimate of drug-likeness (QED) is 0.782. The van der Waals surface area contributed by atoms with Gasteiger partial charge >= 0.3 is 0 Å². The van der Waals surface area contributed by atoms with Crippen LogP contribution in [-0.4, -0.2) is 28.4 Å². The summed E-state index contributed by atoms with van der Waals surface area (Å²) in [6.45, 7) is 9.24. The fraction of sp³-hybridized carbons (Fsp3) is 0.696. The molecule has 1 aliphatic carbocycles. The number of piperidine rings is 1. The van der Waals surface area contributed by atoms with Crippen LogP contribution in [0.2, 0.25) is 0 Å². The molecule has 5 unspecified atom stereocenters. The van der Waals surface area contributed by atoms with Crippen molar-refractivity contribution in [3.8, 4) is 0 Å². The van der Waals surface area contributed by atoms with Crippen molar-refractivity contribution in [2.24, 2.45) is 23.7 Å². The van der Waals surface area contributed by atoms with Crippen LogP contribution in [0.5, 0.6) is 0 Å². The number of rotatable bonds is 2. The largest absolute Gasteiger partial charge is 0.338 e. The van der Waals surface area contributed by atoms with Gasteiger partial charge in [-0.2, -0.15) is 0 Å². The first kappa shape index (κ1) is 17.7. The Morgan fingerprint density at radius 1 is 1.11 bits per heavy atom. The van der Waals surface area contributed by atoms with Crippen molar-refractivity contribution in [1.29, 1.82) is 0 Å². The van der Waals surface area contributed by atoms with Gasteiger partial charge in [0.1, 0.15) is 5.60 Å². The maximum Gasteiger partial charge on any atom is 0.228 e. The minimum absolute atomic E-state index is 0.00857. The predicted octanol–water partition coefficient (Wildman–Crippen LogP) is 4.26. The second-order valence-corrected chi connectivity index (χ2v) is 9.61. The highest BCUT2D eigenvalue weighted by molar-refractivity contribution is 5.80. The summed E-state index contributed by atoms with van der Waals surface area (Å²) in [5.41, 5.74) is 2.07. The number of amides is 1. The van der Waals surface area contributed by atoms with Crippen LogP contribution in [0.15, 0.2) is 24.3 Å². The zero-order chi connectivity index (χ0) is 19.0. The SMILES string of the molecule is Cc1ccc(CN2C(=O)[C@H](C)C3CCC(C)C4CC[C@@]5(C)OC2C43O5)cc1. The number of nitrogens with zero attached hydrogens (tertiary/aromatic N) is 1. The predicted molar refractivity (Wildman–Crippen MR) is 103 cm³/mol. The number of carbonyl (C=O) groups is 1. The molecule has 4 fully saturated rings. The molecule has 1 amide bonds. The van der Waals surface area contributed by atoms with Crippen molar-refractivity contribution >= 4 is 5.91 Å². The Hall–Kier alpha value is -1.39. The summed E-state index contributed by atoms with van der Waals surface area (Å²) in [6.07, 6.45) is 4.07. The van der Waals surface area contributed by atoms with Gasteiger partial charge in [-0.1, -0.05) is 43.7 Å². The number of ether oxygens (including phenoxy) is 2.